The number of rotatable bonds is 0. The highest BCUT2D eigenvalue weighted by atomic mass is 35.5. The van der Waals surface area contributed by atoms with Gasteiger partial charge in [0.15, 0.2) is 0 Å². The molecule has 0 fully saturated rings. The molecule has 0 saturated carbocycles. The van der Waals surface area contributed by atoms with E-state index in [0.29, 0.717) is 5.15 Å². The first-order chi connectivity index (χ1) is 5.27. The number of hydrogen-bond acceptors (Lipinski definition) is 2. The van der Waals surface area contributed by atoms with Crippen LogP contribution < -0.4 is 0 Å². The van der Waals surface area contributed by atoms with Crippen LogP contribution in [0, 0.1) is 5.95 Å². The second-order valence-corrected chi connectivity index (χ2v) is 2.39. The summed E-state index contributed by atoms with van der Waals surface area (Å²) in [5.41, 5.74) is 0. The number of fused-ring (bicyclic) bond motifs is 1. The molecule has 0 unspecified atom stereocenters. The Labute approximate surface area is 66.5 Å². The number of halogens is 2. The van der Waals surface area contributed by atoms with E-state index < -0.39 is 5.95 Å². The highest BCUT2D eigenvalue weighted by Crippen LogP contribution is 2.09. The van der Waals surface area contributed by atoms with Crippen molar-refractivity contribution in [2.24, 2.45) is 0 Å². The monoisotopic (exact) mass is 171 g/mol. The van der Waals surface area contributed by atoms with Crippen LogP contribution in [-0.4, -0.2) is 14.4 Å². The van der Waals surface area contributed by atoms with Gasteiger partial charge in [-0.1, -0.05) is 11.6 Å². The van der Waals surface area contributed by atoms with Gasteiger partial charge >= 0.3 is 0 Å². The van der Waals surface area contributed by atoms with Gasteiger partial charge in [-0.15, -0.1) is 0 Å². The van der Waals surface area contributed by atoms with Crippen molar-refractivity contribution in [3.63, 3.8) is 0 Å². The Hall–Kier alpha value is -1.16. The number of aromatic nitrogens is 3. The summed E-state index contributed by atoms with van der Waals surface area (Å²) in [7, 11) is 0. The van der Waals surface area contributed by atoms with Crippen LogP contribution in [0.25, 0.3) is 5.78 Å². The molecule has 56 valence electrons. The predicted octanol–water partition coefficient (Wildman–Crippen LogP) is 1.52. The molecule has 0 aliphatic rings. The molecule has 0 amide bonds. The molecule has 5 heteroatoms. The van der Waals surface area contributed by atoms with E-state index in [1.165, 1.54) is 22.9 Å². The van der Waals surface area contributed by atoms with E-state index in [1.54, 1.807) is 0 Å². The molecular weight excluding hydrogens is 169 g/mol. The lowest BCUT2D eigenvalue weighted by molar-refractivity contribution is 0.583. The zero-order valence-corrected chi connectivity index (χ0v) is 6.09. The zero-order valence-electron chi connectivity index (χ0n) is 5.33. The molecule has 0 saturated heterocycles. The van der Waals surface area contributed by atoms with Gasteiger partial charge in [-0.25, -0.2) is 4.98 Å². The van der Waals surface area contributed by atoms with Crippen LogP contribution >= 0.6 is 11.6 Å². The van der Waals surface area contributed by atoms with E-state index in [4.69, 9.17) is 11.6 Å². The third-order valence-corrected chi connectivity index (χ3v) is 1.58. The fourth-order valence-electron chi connectivity index (χ4n) is 0.820. The van der Waals surface area contributed by atoms with Crippen LogP contribution in [0.3, 0.4) is 0 Å². The van der Waals surface area contributed by atoms with E-state index in [1.807, 2.05) is 0 Å². The summed E-state index contributed by atoms with van der Waals surface area (Å²) in [6.45, 7) is 0. The van der Waals surface area contributed by atoms with Gasteiger partial charge in [-0.2, -0.15) is 9.37 Å². The van der Waals surface area contributed by atoms with Crippen molar-refractivity contribution in [3.05, 3.63) is 29.6 Å². The average Bonchev–Trinajstić information content (AvgIpc) is 2.32. The molecule has 2 heterocycles. The van der Waals surface area contributed by atoms with Gasteiger partial charge in [0.25, 0.3) is 0 Å². The second-order valence-electron chi connectivity index (χ2n) is 2.00. The number of nitrogens with zero attached hydrogens (tertiary/aromatic N) is 3. The number of imidazole rings is 1. The summed E-state index contributed by atoms with van der Waals surface area (Å²) in [6.07, 6.45) is 2.90. The van der Waals surface area contributed by atoms with Crippen molar-refractivity contribution in [2.75, 3.05) is 0 Å². The van der Waals surface area contributed by atoms with E-state index in [2.05, 4.69) is 9.97 Å². The molecule has 0 N–H and O–H groups in total. The van der Waals surface area contributed by atoms with E-state index >= 15 is 0 Å². The number of hydrogen-bond donors (Lipinski definition) is 0. The Bertz CT molecular complexity index is 398. The van der Waals surface area contributed by atoms with Crippen LogP contribution in [-0.2, 0) is 0 Å². The van der Waals surface area contributed by atoms with Crippen LogP contribution in [0.15, 0.2) is 18.5 Å². The molecular formula is C6H3ClFN3. The molecule has 11 heavy (non-hydrogen) atoms. The minimum absolute atomic E-state index is 0.273. The smallest absolute Gasteiger partial charge is 0.237 e. The first kappa shape index (κ1) is 6.54. The molecule has 0 bridgehead atoms. The van der Waals surface area contributed by atoms with Crippen molar-refractivity contribution in [1.29, 1.82) is 0 Å². The largest absolute Gasteiger partial charge is 0.274 e. The summed E-state index contributed by atoms with van der Waals surface area (Å²) >= 11 is 5.66. The molecule has 0 atom stereocenters. The summed E-state index contributed by atoms with van der Waals surface area (Å²) in [6, 6.07) is 1.22. The summed E-state index contributed by atoms with van der Waals surface area (Å²) in [4.78, 5) is 7.26. The average molecular weight is 172 g/mol. The summed E-state index contributed by atoms with van der Waals surface area (Å²) < 4.78 is 13.9. The molecule has 2 rings (SSSR count). The van der Waals surface area contributed by atoms with Gasteiger partial charge in [-0.3, -0.25) is 4.40 Å². The van der Waals surface area contributed by atoms with E-state index in [-0.39, 0.29) is 5.78 Å². The Morgan fingerprint density at radius 2 is 2.36 bits per heavy atom. The first-order valence-electron chi connectivity index (χ1n) is 2.92. The Morgan fingerprint density at radius 1 is 1.55 bits per heavy atom. The SMILES string of the molecule is Fc1ccn2c(Cl)cnc2n1. The van der Waals surface area contributed by atoms with Crippen molar-refractivity contribution >= 4 is 17.4 Å². The lowest BCUT2D eigenvalue weighted by Crippen LogP contribution is -1.90. The first-order valence-corrected chi connectivity index (χ1v) is 3.30. The molecule has 0 spiro atoms. The summed E-state index contributed by atoms with van der Waals surface area (Å²) in [5.74, 6) is -0.283. The van der Waals surface area contributed by atoms with Gasteiger partial charge < -0.3 is 0 Å². The minimum Gasteiger partial charge on any atom is -0.274 e. The third kappa shape index (κ3) is 0.952. The molecule has 0 aliphatic carbocycles. The van der Waals surface area contributed by atoms with Gasteiger partial charge in [0.1, 0.15) is 5.15 Å². The molecule has 0 radical (unpaired) electrons. The lowest BCUT2D eigenvalue weighted by atomic mass is 10.6. The van der Waals surface area contributed by atoms with Gasteiger partial charge in [0, 0.05) is 12.3 Å². The summed E-state index contributed by atoms with van der Waals surface area (Å²) in [5, 5.41) is 0.424. The Morgan fingerprint density at radius 3 is 3.18 bits per heavy atom. The van der Waals surface area contributed by atoms with Crippen LogP contribution in [0.4, 0.5) is 4.39 Å². The molecule has 3 nitrogen and oxygen atoms in total. The highest BCUT2D eigenvalue weighted by Gasteiger charge is 2.01. The Balaban J connectivity index is 2.86. The normalized spacial score (nSPS) is 10.7. The van der Waals surface area contributed by atoms with Gasteiger partial charge in [-0.05, 0) is 0 Å². The van der Waals surface area contributed by atoms with Gasteiger partial charge in [0.2, 0.25) is 11.7 Å². The quantitative estimate of drug-likeness (QED) is 0.563. The predicted molar refractivity (Wildman–Crippen MR) is 38.0 cm³/mol. The lowest BCUT2D eigenvalue weighted by Gasteiger charge is -1.91. The van der Waals surface area contributed by atoms with Crippen molar-refractivity contribution in [2.45, 2.75) is 0 Å². The molecule has 0 aliphatic heterocycles. The maximum Gasteiger partial charge on any atom is 0.237 e. The zero-order chi connectivity index (χ0) is 7.84. The maximum atomic E-state index is 12.4. The fourth-order valence-corrected chi connectivity index (χ4v) is 1.00. The highest BCUT2D eigenvalue weighted by molar-refractivity contribution is 6.29. The topological polar surface area (TPSA) is 30.2 Å². The van der Waals surface area contributed by atoms with E-state index in [9.17, 15) is 4.39 Å². The minimum atomic E-state index is -0.556. The molecule has 2 aromatic heterocycles. The third-order valence-electron chi connectivity index (χ3n) is 1.30. The van der Waals surface area contributed by atoms with Crippen LogP contribution in [0.2, 0.25) is 5.15 Å². The van der Waals surface area contributed by atoms with Crippen molar-refractivity contribution in [1.82, 2.24) is 14.4 Å². The van der Waals surface area contributed by atoms with Gasteiger partial charge in [0.05, 0.1) is 6.20 Å². The fraction of sp³-hybridized carbons (Fsp3) is 0. The van der Waals surface area contributed by atoms with Crippen molar-refractivity contribution in [3.8, 4) is 0 Å². The standard InChI is InChI=1S/C6H3ClFN3/c7-4-3-9-6-10-5(8)1-2-11(4)6/h1-3H. The van der Waals surface area contributed by atoms with E-state index in [0.717, 1.165) is 0 Å². The van der Waals surface area contributed by atoms with Crippen LogP contribution in [0.1, 0.15) is 0 Å². The maximum absolute atomic E-state index is 12.4. The second kappa shape index (κ2) is 2.17. The molecule has 0 aromatic carbocycles. The van der Waals surface area contributed by atoms with Crippen LogP contribution in [0.5, 0.6) is 0 Å². The van der Waals surface area contributed by atoms with Crippen molar-refractivity contribution < 1.29 is 4.39 Å². The Kier molecular flexibility index (Phi) is 1.29. The molecule has 2 aromatic rings.